The predicted octanol–water partition coefficient (Wildman–Crippen LogP) is 16.5. The zero-order valence-electron chi connectivity index (χ0n) is 60.0. The second-order valence-corrected chi connectivity index (χ2v) is 33.0. The number of rotatable bonds is 35. The van der Waals surface area contributed by atoms with E-state index in [-0.39, 0.29) is 77.7 Å². The summed E-state index contributed by atoms with van der Waals surface area (Å²) in [5.41, 5.74) is 8.56. The molecule has 0 amide bonds. The zero-order chi connectivity index (χ0) is 71.1. The first-order chi connectivity index (χ1) is 50.4. The fourth-order valence-corrected chi connectivity index (χ4v) is 14.2. The summed E-state index contributed by atoms with van der Waals surface area (Å²) in [6.07, 6.45) is -13.9. The third kappa shape index (κ3) is 21.6. The van der Waals surface area contributed by atoms with Gasteiger partial charge in [0.1, 0.15) is 61.0 Å². The van der Waals surface area contributed by atoms with Crippen LogP contribution < -0.4 is 0 Å². The lowest BCUT2D eigenvalue weighted by Crippen LogP contribution is -2.68. The van der Waals surface area contributed by atoms with E-state index in [2.05, 4.69) is 46.0 Å². The van der Waals surface area contributed by atoms with Gasteiger partial charge in [-0.1, -0.05) is 294 Å². The highest BCUT2D eigenvalue weighted by atomic mass is 28.4. The molecule has 0 aromatic heterocycles. The van der Waals surface area contributed by atoms with Crippen LogP contribution in [0.25, 0.3) is 0 Å². The van der Waals surface area contributed by atoms with E-state index < -0.39 is 100 Å². The Labute approximate surface area is 609 Å². The molecule has 542 valence electrons. The maximum Gasteiger partial charge on any atom is 0.192 e. The minimum Gasteiger partial charge on any atom is -0.409 e. The minimum absolute atomic E-state index is 0.00416. The van der Waals surface area contributed by atoms with Crippen molar-refractivity contribution in [3.63, 3.8) is 0 Å². The lowest BCUT2D eigenvalue weighted by molar-refractivity contribution is -0.393. The quantitative estimate of drug-likeness (QED) is 0.0348. The highest BCUT2D eigenvalue weighted by molar-refractivity contribution is 6.74. The topological polar surface area (TPSA) is 138 Å². The van der Waals surface area contributed by atoms with Crippen molar-refractivity contribution in [2.75, 3.05) is 13.2 Å². The minimum atomic E-state index is -2.53. The second-order valence-electron chi connectivity index (χ2n) is 28.2. The number of hydrogen-bond acceptors (Lipinski definition) is 15. The Bertz CT molecular complexity index is 3810. The van der Waals surface area contributed by atoms with Crippen molar-refractivity contribution in [2.45, 2.75) is 197 Å². The summed E-state index contributed by atoms with van der Waals surface area (Å²) in [7, 11) is -2.53. The molecule has 0 spiro atoms. The summed E-state index contributed by atoms with van der Waals surface area (Å²) in [5, 5.41) is -0.158. The van der Waals surface area contributed by atoms with Crippen LogP contribution >= 0.6 is 0 Å². The van der Waals surface area contributed by atoms with Gasteiger partial charge in [0, 0.05) is 0 Å². The van der Waals surface area contributed by atoms with E-state index in [4.69, 9.17) is 70.7 Å². The van der Waals surface area contributed by atoms with Crippen LogP contribution in [0.15, 0.2) is 273 Å². The molecule has 3 heterocycles. The SMILES string of the molecule is C[C@H]1O[C@H](O[C@H]2[C@H](OCc3ccccc3)[C@@H](OCc3ccccc3)[C@@H](O[C@H]3[C@H](OCc4ccccc4)[C@@H](OCc4ccccc4)[C@H](OCc4ccccc4)O[C@@H]3COCc3ccccc3)O[C@@H]2COCc2ccccc2)[C@H](OCc2ccccc2)[C@@H](OCc2ccccc2)[C@H]1O[Si](C)(C)C(C)(C)C. The van der Waals surface area contributed by atoms with Gasteiger partial charge in [-0.15, -0.1) is 0 Å². The molecule has 0 radical (unpaired) electrons. The Kier molecular flexibility index (Phi) is 27.8. The molecule has 0 bridgehead atoms. The molecule has 3 saturated heterocycles. The zero-order valence-corrected chi connectivity index (χ0v) is 61.0. The van der Waals surface area contributed by atoms with Crippen LogP contribution in [-0.4, -0.2) is 114 Å². The van der Waals surface area contributed by atoms with Gasteiger partial charge in [-0.3, -0.25) is 0 Å². The summed E-state index contributed by atoms with van der Waals surface area (Å²) in [5.74, 6) is 0. The molecular formula is C87H100O15Si. The molecule has 103 heavy (non-hydrogen) atoms. The van der Waals surface area contributed by atoms with Crippen LogP contribution in [-0.2, 0) is 130 Å². The maximum absolute atomic E-state index is 7.87. The summed E-state index contributed by atoms with van der Waals surface area (Å²) in [6, 6.07) is 90.7. The maximum atomic E-state index is 7.87. The average molecular weight is 1410 g/mol. The van der Waals surface area contributed by atoms with Gasteiger partial charge in [0.15, 0.2) is 27.2 Å². The predicted molar refractivity (Wildman–Crippen MR) is 397 cm³/mol. The van der Waals surface area contributed by atoms with Crippen LogP contribution in [0.5, 0.6) is 0 Å². The average Bonchev–Trinajstić information content (AvgIpc) is 0.751. The molecule has 0 aliphatic carbocycles. The summed E-state index contributed by atoms with van der Waals surface area (Å²) in [6.45, 7) is 15.2. The molecule has 0 N–H and O–H groups in total. The van der Waals surface area contributed by atoms with Crippen molar-refractivity contribution in [1.82, 2.24) is 0 Å². The number of hydrogen-bond donors (Lipinski definition) is 0. The van der Waals surface area contributed by atoms with Crippen LogP contribution in [0.1, 0.15) is 77.8 Å². The van der Waals surface area contributed by atoms with Gasteiger partial charge in [-0.2, -0.15) is 0 Å². The fraction of sp³-hybridized carbons (Fsp3) is 0.379. The van der Waals surface area contributed by atoms with Gasteiger partial charge in [-0.25, -0.2) is 0 Å². The molecule has 9 aromatic carbocycles. The second kappa shape index (κ2) is 38.0. The largest absolute Gasteiger partial charge is 0.409 e. The van der Waals surface area contributed by atoms with Crippen LogP contribution in [0.4, 0.5) is 0 Å². The third-order valence-electron chi connectivity index (χ3n) is 19.5. The Morgan fingerprint density at radius 2 is 0.505 bits per heavy atom. The van der Waals surface area contributed by atoms with Crippen molar-refractivity contribution < 1.29 is 70.7 Å². The molecule has 0 unspecified atom stereocenters. The third-order valence-corrected chi connectivity index (χ3v) is 24.0. The van der Waals surface area contributed by atoms with Gasteiger partial charge in [0.2, 0.25) is 0 Å². The van der Waals surface area contributed by atoms with E-state index in [9.17, 15) is 0 Å². The van der Waals surface area contributed by atoms with Gasteiger partial charge in [0.25, 0.3) is 0 Å². The van der Waals surface area contributed by atoms with Gasteiger partial charge in [0.05, 0.1) is 84.9 Å². The molecule has 12 rings (SSSR count). The first-order valence-electron chi connectivity index (χ1n) is 36.1. The van der Waals surface area contributed by atoms with E-state index in [0.717, 1.165) is 50.1 Å². The van der Waals surface area contributed by atoms with E-state index in [1.165, 1.54) is 0 Å². The first-order valence-corrected chi connectivity index (χ1v) is 39.1. The van der Waals surface area contributed by atoms with Crippen molar-refractivity contribution in [3.05, 3.63) is 323 Å². The van der Waals surface area contributed by atoms with Crippen molar-refractivity contribution >= 4 is 8.32 Å². The molecule has 9 aromatic rings. The van der Waals surface area contributed by atoms with Crippen LogP contribution in [0.2, 0.25) is 18.1 Å². The Balaban J connectivity index is 0.985. The number of ether oxygens (including phenoxy) is 14. The van der Waals surface area contributed by atoms with Gasteiger partial charge in [-0.05, 0) is 75.1 Å². The smallest absolute Gasteiger partial charge is 0.192 e. The Morgan fingerprint density at radius 3 is 0.796 bits per heavy atom. The summed E-state index contributed by atoms with van der Waals surface area (Å²) in [4.78, 5) is 0. The Morgan fingerprint density at radius 1 is 0.272 bits per heavy atom. The summed E-state index contributed by atoms with van der Waals surface area (Å²) < 4.78 is 110. The first kappa shape index (κ1) is 75.3. The van der Waals surface area contributed by atoms with Gasteiger partial charge >= 0.3 is 0 Å². The standard InChI is InChI=1S/C87H100O15Si/c1-63-75(102-103(5,6)87(2,3)4)78(90-54-66-38-20-9-21-39-66)82(94-58-70-46-28-13-29-47-70)85(97-63)100-77-74(62-89-53-65-36-18-8-19-37-65)99-86(83(95-59-71-48-30-14-31-49-71)80(77)92-56-68-42-24-11-25-43-68)101-76-73(61-88-52-64-34-16-7-17-35-64)98-84(96-60-72-50-32-15-33-51-72)81(93-57-69-44-26-12-27-45-69)79(76)91-55-67-40-22-10-23-41-67/h7-51,63,73-86H,52-62H2,1-6H3/t63-,73-,74-,75+,76-,77-,78+,79+,80+,81-,82-,83-,84-,85-,86-/m1/s1. The molecule has 0 saturated carbocycles. The van der Waals surface area contributed by atoms with E-state index >= 15 is 0 Å². The van der Waals surface area contributed by atoms with Crippen molar-refractivity contribution in [2.24, 2.45) is 0 Å². The van der Waals surface area contributed by atoms with E-state index in [1.807, 2.05) is 268 Å². The van der Waals surface area contributed by atoms with E-state index in [1.54, 1.807) is 0 Å². The summed E-state index contributed by atoms with van der Waals surface area (Å²) >= 11 is 0. The van der Waals surface area contributed by atoms with E-state index in [0.29, 0.717) is 0 Å². The number of benzene rings is 9. The molecular weight excluding hydrogens is 1310 g/mol. The monoisotopic (exact) mass is 1410 g/mol. The van der Waals surface area contributed by atoms with Crippen LogP contribution in [0.3, 0.4) is 0 Å². The highest BCUT2D eigenvalue weighted by Gasteiger charge is 2.58. The Hall–Kier alpha value is -7.40. The van der Waals surface area contributed by atoms with Crippen molar-refractivity contribution in [1.29, 1.82) is 0 Å². The fourth-order valence-electron chi connectivity index (χ4n) is 12.9. The molecule has 3 fully saturated rings. The molecule has 3 aliphatic rings. The van der Waals surface area contributed by atoms with Gasteiger partial charge < -0.3 is 70.7 Å². The van der Waals surface area contributed by atoms with Crippen molar-refractivity contribution in [3.8, 4) is 0 Å². The molecule has 15 nitrogen and oxygen atoms in total. The molecule has 15 atom stereocenters. The molecule has 3 aliphatic heterocycles. The lowest BCUT2D eigenvalue weighted by Gasteiger charge is -2.52. The molecule has 16 heteroatoms. The lowest BCUT2D eigenvalue weighted by atomic mass is 9.95. The highest BCUT2D eigenvalue weighted by Crippen LogP contribution is 2.43. The normalized spacial score (nSPS) is 25.3. The van der Waals surface area contributed by atoms with Crippen LogP contribution in [0, 0.1) is 0 Å².